The summed E-state index contributed by atoms with van der Waals surface area (Å²) in [5.74, 6) is -1.10. The van der Waals surface area contributed by atoms with Gasteiger partial charge in [0.2, 0.25) is 5.91 Å². The summed E-state index contributed by atoms with van der Waals surface area (Å²) in [4.78, 5) is 12.9. The number of carbonyl (C=O) groups is 1. The SMILES string of the molecule is O=C(CCS(=O)(=O)c1ccc2c(c1)CCC2)NC(COc1ccccc1F)c1ccccc1. The van der Waals surface area contributed by atoms with E-state index in [1.807, 2.05) is 36.4 Å². The van der Waals surface area contributed by atoms with Crippen LogP contribution in [0.25, 0.3) is 0 Å². The Labute approximate surface area is 193 Å². The molecular formula is C26H26FNO4S. The van der Waals surface area contributed by atoms with Gasteiger partial charge in [-0.25, -0.2) is 12.8 Å². The molecular weight excluding hydrogens is 441 g/mol. The molecule has 0 heterocycles. The van der Waals surface area contributed by atoms with Crippen LogP contribution in [-0.2, 0) is 27.5 Å². The van der Waals surface area contributed by atoms with E-state index in [4.69, 9.17) is 4.74 Å². The number of hydrogen-bond donors (Lipinski definition) is 1. The first-order valence-electron chi connectivity index (χ1n) is 11.0. The molecule has 0 radical (unpaired) electrons. The minimum absolute atomic E-state index is 0.00819. The van der Waals surface area contributed by atoms with Crippen LogP contribution in [0.2, 0.25) is 0 Å². The van der Waals surface area contributed by atoms with Crippen LogP contribution in [-0.4, -0.2) is 26.7 Å². The molecule has 5 nitrogen and oxygen atoms in total. The maximum atomic E-state index is 13.9. The minimum atomic E-state index is -3.58. The van der Waals surface area contributed by atoms with Crippen LogP contribution in [0.4, 0.5) is 4.39 Å². The minimum Gasteiger partial charge on any atom is -0.488 e. The van der Waals surface area contributed by atoms with Gasteiger partial charge in [-0.1, -0.05) is 48.5 Å². The number of halogens is 1. The van der Waals surface area contributed by atoms with Gasteiger partial charge in [0.25, 0.3) is 0 Å². The predicted octanol–water partition coefficient (Wildman–Crippen LogP) is 4.41. The molecule has 1 aliphatic rings. The number of hydrogen-bond acceptors (Lipinski definition) is 4. The van der Waals surface area contributed by atoms with E-state index < -0.39 is 27.6 Å². The first-order valence-corrected chi connectivity index (χ1v) is 12.6. The van der Waals surface area contributed by atoms with Gasteiger partial charge >= 0.3 is 0 Å². The quantitative estimate of drug-likeness (QED) is 0.506. The van der Waals surface area contributed by atoms with E-state index in [-0.39, 0.29) is 29.4 Å². The van der Waals surface area contributed by atoms with Crippen molar-refractivity contribution in [1.82, 2.24) is 5.32 Å². The van der Waals surface area contributed by atoms with E-state index in [0.29, 0.717) is 0 Å². The zero-order valence-corrected chi connectivity index (χ0v) is 19.0. The summed E-state index contributed by atoms with van der Waals surface area (Å²) in [6.45, 7) is 0.00819. The van der Waals surface area contributed by atoms with E-state index in [1.165, 1.54) is 17.7 Å². The average Bonchev–Trinajstić information content (AvgIpc) is 3.30. The first-order chi connectivity index (χ1) is 15.9. The van der Waals surface area contributed by atoms with Crippen LogP contribution >= 0.6 is 0 Å². The smallest absolute Gasteiger partial charge is 0.221 e. The summed E-state index contributed by atoms with van der Waals surface area (Å²) in [6, 6.07) is 19.9. The third-order valence-electron chi connectivity index (χ3n) is 5.81. The number of aryl methyl sites for hydroxylation is 2. The van der Waals surface area contributed by atoms with Gasteiger partial charge in [0.1, 0.15) is 6.61 Å². The lowest BCUT2D eigenvalue weighted by atomic mass is 10.1. The number of ether oxygens (including phenoxy) is 1. The van der Waals surface area contributed by atoms with Crippen molar-refractivity contribution < 1.29 is 22.3 Å². The van der Waals surface area contributed by atoms with E-state index in [2.05, 4.69) is 5.32 Å². The Kier molecular flexibility index (Phi) is 7.08. The van der Waals surface area contributed by atoms with Crippen LogP contribution < -0.4 is 10.1 Å². The number of sulfone groups is 1. The highest BCUT2D eigenvalue weighted by Gasteiger charge is 2.22. The van der Waals surface area contributed by atoms with Crippen molar-refractivity contribution in [3.05, 3.63) is 95.3 Å². The Morgan fingerprint density at radius 1 is 0.970 bits per heavy atom. The summed E-state index contributed by atoms with van der Waals surface area (Å²) in [5, 5.41) is 2.84. The summed E-state index contributed by atoms with van der Waals surface area (Å²) < 4.78 is 45.1. The molecule has 4 rings (SSSR count). The lowest BCUT2D eigenvalue weighted by Crippen LogP contribution is -2.33. The van der Waals surface area contributed by atoms with Gasteiger partial charge < -0.3 is 10.1 Å². The Bertz CT molecular complexity index is 1230. The van der Waals surface area contributed by atoms with Crippen LogP contribution in [0.15, 0.2) is 77.7 Å². The Morgan fingerprint density at radius 2 is 1.70 bits per heavy atom. The highest BCUT2D eigenvalue weighted by Crippen LogP contribution is 2.25. The predicted molar refractivity (Wildman–Crippen MR) is 124 cm³/mol. The second kappa shape index (κ2) is 10.2. The van der Waals surface area contributed by atoms with Crippen molar-refractivity contribution >= 4 is 15.7 Å². The maximum absolute atomic E-state index is 13.9. The molecule has 3 aromatic rings. The van der Waals surface area contributed by atoms with Gasteiger partial charge in [-0.3, -0.25) is 4.79 Å². The second-order valence-electron chi connectivity index (χ2n) is 8.13. The number of fused-ring (bicyclic) bond motifs is 1. The number of rotatable bonds is 9. The van der Waals surface area contributed by atoms with Crippen LogP contribution in [0.1, 0.15) is 35.6 Å². The van der Waals surface area contributed by atoms with E-state index in [1.54, 1.807) is 24.3 Å². The van der Waals surface area contributed by atoms with E-state index >= 15 is 0 Å². The summed E-state index contributed by atoms with van der Waals surface area (Å²) >= 11 is 0. The normalized spacial score (nSPS) is 13.8. The molecule has 0 bridgehead atoms. The third kappa shape index (κ3) is 5.79. The summed E-state index contributed by atoms with van der Waals surface area (Å²) in [6.07, 6.45) is 2.73. The molecule has 1 atom stereocenters. The van der Waals surface area contributed by atoms with Crippen LogP contribution in [0.5, 0.6) is 5.75 Å². The topological polar surface area (TPSA) is 72.5 Å². The first kappa shape index (κ1) is 23.0. The Morgan fingerprint density at radius 3 is 2.48 bits per heavy atom. The van der Waals surface area contributed by atoms with Crippen molar-refractivity contribution in [2.45, 2.75) is 36.6 Å². The number of carbonyl (C=O) groups excluding carboxylic acids is 1. The second-order valence-corrected chi connectivity index (χ2v) is 10.2. The molecule has 7 heteroatoms. The number of para-hydroxylation sites is 1. The molecule has 1 N–H and O–H groups in total. The molecule has 1 unspecified atom stereocenters. The molecule has 0 aliphatic heterocycles. The molecule has 0 spiro atoms. The summed E-state index contributed by atoms with van der Waals surface area (Å²) in [7, 11) is -3.58. The maximum Gasteiger partial charge on any atom is 0.221 e. The fourth-order valence-electron chi connectivity index (χ4n) is 3.99. The molecule has 172 valence electrons. The van der Waals surface area contributed by atoms with Gasteiger partial charge in [0, 0.05) is 6.42 Å². The summed E-state index contributed by atoms with van der Waals surface area (Å²) in [5.41, 5.74) is 3.06. The zero-order chi connectivity index (χ0) is 23.3. The van der Waals surface area contributed by atoms with Gasteiger partial charge in [0.05, 0.1) is 16.7 Å². The van der Waals surface area contributed by atoms with Crippen molar-refractivity contribution in [3.63, 3.8) is 0 Å². The number of nitrogens with one attached hydrogen (secondary N) is 1. The van der Waals surface area contributed by atoms with Gasteiger partial charge in [-0.2, -0.15) is 0 Å². The zero-order valence-electron chi connectivity index (χ0n) is 18.2. The highest BCUT2D eigenvalue weighted by atomic mass is 32.2. The molecule has 0 fully saturated rings. The number of amides is 1. The van der Waals surface area contributed by atoms with Crippen molar-refractivity contribution in [2.24, 2.45) is 0 Å². The Hall–Kier alpha value is -3.19. The largest absolute Gasteiger partial charge is 0.488 e. The lowest BCUT2D eigenvalue weighted by Gasteiger charge is -2.20. The van der Waals surface area contributed by atoms with Crippen LogP contribution in [0.3, 0.4) is 0 Å². The molecule has 1 aliphatic carbocycles. The Balaban J connectivity index is 1.40. The molecule has 33 heavy (non-hydrogen) atoms. The van der Waals surface area contributed by atoms with Gasteiger partial charge in [-0.15, -0.1) is 0 Å². The van der Waals surface area contributed by atoms with E-state index in [9.17, 15) is 17.6 Å². The molecule has 0 aromatic heterocycles. The molecule has 3 aromatic carbocycles. The van der Waals surface area contributed by atoms with Gasteiger partial charge in [0.15, 0.2) is 21.4 Å². The van der Waals surface area contributed by atoms with Crippen molar-refractivity contribution in [3.8, 4) is 5.75 Å². The van der Waals surface area contributed by atoms with Crippen LogP contribution in [0, 0.1) is 5.82 Å². The molecule has 1 amide bonds. The number of benzene rings is 3. The third-order valence-corrected chi connectivity index (χ3v) is 7.52. The van der Waals surface area contributed by atoms with E-state index in [0.717, 1.165) is 30.4 Å². The molecule has 0 saturated heterocycles. The fraction of sp³-hybridized carbons (Fsp3) is 0.269. The lowest BCUT2D eigenvalue weighted by molar-refractivity contribution is -0.121. The van der Waals surface area contributed by atoms with Gasteiger partial charge in [-0.05, 0) is 60.2 Å². The van der Waals surface area contributed by atoms with Crippen molar-refractivity contribution in [2.75, 3.05) is 12.4 Å². The monoisotopic (exact) mass is 467 g/mol. The standard InChI is InChI=1S/C26H26FNO4S/c27-23-11-4-5-12-25(23)32-18-24(20-7-2-1-3-8-20)28-26(29)15-16-33(30,31)22-14-13-19-9-6-10-21(19)17-22/h1-5,7-8,11-14,17,24H,6,9-10,15-16,18H2,(H,28,29). The average molecular weight is 468 g/mol. The highest BCUT2D eigenvalue weighted by molar-refractivity contribution is 7.91. The van der Waals surface area contributed by atoms with Crippen molar-refractivity contribution in [1.29, 1.82) is 0 Å². The fourth-order valence-corrected chi connectivity index (χ4v) is 5.28. The molecule has 0 saturated carbocycles.